The molecule has 0 aromatic heterocycles. The van der Waals surface area contributed by atoms with Crippen LogP contribution in [-0.2, 0) is 9.59 Å². The molecule has 6 nitrogen and oxygen atoms in total. The lowest BCUT2D eigenvalue weighted by molar-refractivity contribution is -0.137. The van der Waals surface area contributed by atoms with E-state index in [-0.39, 0.29) is 24.8 Å². The summed E-state index contributed by atoms with van der Waals surface area (Å²) in [6.07, 6.45) is 0.978. The number of carboxylic acid groups (broad SMARTS) is 1. The van der Waals surface area contributed by atoms with Crippen molar-refractivity contribution in [2.24, 2.45) is 5.10 Å². The van der Waals surface area contributed by atoms with Crippen molar-refractivity contribution in [3.63, 3.8) is 0 Å². The number of hydrazone groups is 1. The zero-order valence-corrected chi connectivity index (χ0v) is 15.2. The van der Waals surface area contributed by atoms with E-state index in [1.807, 2.05) is 54.6 Å². The number of hydrogen-bond donors (Lipinski definition) is 1. The molecule has 1 atom stereocenters. The number of rotatable bonds is 7. The van der Waals surface area contributed by atoms with E-state index in [1.54, 1.807) is 7.11 Å². The molecule has 3 rings (SSSR count). The number of amides is 1. The number of carbonyl (C=O) groups is 2. The van der Waals surface area contributed by atoms with Crippen LogP contribution in [-0.4, -0.2) is 34.8 Å². The van der Waals surface area contributed by atoms with Gasteiger partial charge in [-0.3, -0.25) is 9.59 Å². The van der Waals surface area contributed by atoms with E-state index in [2.05, 4.69) is 5.10 Å². The normalized spacial score (nSPS) is 16.1. The fourth-order valence-corrected chi connectivity index (χ4v) is 3.23. The molecule has 2 aromatic rings. The lowest BCUT2D eigenvalue weighted by Crippen LogP contribution is -2.27. The molecule has 1 heterocycles. The van der Waals surface area contributed by atoms with E-state index >= 15 is 0 Å². The van der Waals surface area contributed by atoms with Gasteiger partial charge in [0.2, 0.25) is 5.91 Å². The molecule has 0 aliphatic carbocycles. The predicted molar refractivity (Wildman–Crippen MR) is 102 cm³/mol. The van der Waals surface area contributed by atoms with Crippen LogP contribution in [0.25, 0.3) is 0 Å². The second-order valence-electron chi connectivity index (χ2n) is 6.36. The van der Waals surface area contributed by atoms with Crippen LogP contribution in [0.1, 0.15) is 42.9 Å². The second-order valence-corrected chi connectivity index (χ2v) is 6.36. The van der Waals surface area contributed by atoms with Crippen molar-refractivity contribution in [2.75, 3.05) is 7.11 Å². The van der Waals surface area contributed by atoms with Gasteiger partial charge in [-0.2, -0.15) is 5.10 Å². The minimum atomic E-state index is -0.904. The summed E-state index contributed by atoms with van der Waals surface area (Å²) in [5.41, 5.74) is 2.69. The summed E-state index contributed by atoms with van der Waals surface area (Å²) in [6.45, 7) is 0. The van der Waals surface area contributed by atoms with Gasteiger partial charge < -0.3 is 9.84 Å². The van der Waals surface area contributed by atoms with Gasteiger partial charge in [-0.15, -0.1) is 0 Å². The fraction of sp³-hybridized carbons (Fsp3) is 0.286. The highest BCUT2D eigenvalue weighted by atomic mass is 16.5. The van der Waals surface area contributed by atoms with Crippen LogP contribution < -0.4 is 4.74 Å². The van der Waals surface area contributed by atoms with Crippen molar-refractivity contribution in [1.29, 1.82) is 0 Å². The molecule has 1 amide bonds. The summed E-state index contributed by atoms with van der Waals surface area (Å²) in [5, 5.41) is 14.9. The van der Waals surface area contributed by atoms with Gasteiger partial charge in [0.1, 0.15) is 5.75 Å². The Balaban J connectivity index is 1.89. The third-order valence-corrected chi connectivity index (χ3v) is 4.55. The van der Waals surface area contributed by atoms with Gasteiger partial charge in [0, 0.05) is 24.8 Å². The first-order valence-electron chi connectivity index (χ1n) is 8.90. The van der Waals surface area contributed by atoms with Crippen molar-refractivity contribution < 1.29 is 19.4 Å². The van der Waals surface area contributed by atoms with E-state index in [4.69, 9.17) is 9.84 Å². The average molecular weight is 366 g/mol. The molecule has 0 spiro atoms. The summed E-state index contributed by atoms with van der Waals surface area (Å²) in [7, 11) is 1.60. The topological polar surface area (TPSA) is 79.2 Å². The van der Waals surface area contributed by atoms with Crippen LogP contribution in [0.2, 0.25) is 0 Å². The van der Waals surface area contributed by atoms with Crippen LogP contribution in [0.15, 0.2) is 59.7 Å². The van der Waals surface area contributed by atoms with Crippen molar-refractivity contribution in [2.45, 2.75) is 31.7 Å². The van der Waals surface area contributed by atoms with Gasteiger partial charge in [0.15, 0.2) is 0 Å². The van der Waals surface area contributed by atoms with Gasteiger partial charge in [-0.05, 0) is 18.1 Å². The monoisotopic (exact) mass is 366 g/mol. The molecule has 0 saturated carbocycles. The van der Waals surface area contributed by atoms with Gasteiger partial charge in [-0.1, -0.05) is 48.5 Å². The maximum absolute atomic E-state index is 12.8. The van der Waals surface area contributed by atoms with Gasteiger partial charge in [0.25, 0.3) is 0 Å². The first kappa shape index (κ1) is 18.6. The largest absolute Gasteiger partial charge is 0.496 e. The Labute approximate surface area is 158 Å². The maximum atomic E-state index is 12.8. The summed E-state index contributed by atoms with van der Waals surface area (Å²) in [5.74, 6) is -0.382. The smallest absolute Gasteiger partial charge is 0.303 e. The molecule has 2 aromatic carbocycles. The summed E-state index contributed by atoms with van der Waals surface area (Å²) >= 11 is 0. The number of nitrogens with zero attached hydrogens (tertiary/aromatic N) is 2. The number of hydrogen-bond acceptors (Lipinski definition) is 4. The van der Waals surface area contributed by atoms with Gasteiger partial charge >= 0.3 is 5.97 Å². The Kier molecular flexibility index (Phi) is 5.86. The lowest BCUT2D eigenvalue weighted by Gasteiger charge is -2.23. The third-order valence-electron chi connectivity index (χ3n) is 4.55. The zero-order chi connectivity index (χ0) is 19.2. The molecule has 1 aliphatic rings. The molecular formula is C21H22N2O4. The van der Waals surface area contributed by atoms with E-state index in [9.17, 15) is 9.59 Å². The Morgan fingerprint density at radius 3 is 2.52 bits per heavy atom. The summed E-state index contributed by atoms with van der Waals surface area (Å²) in [6, 6.07) is 17.1. The quantitative estimate of drug-likeness (QED) is 0.811. The highest BCUT2D eigenvalue weighted by Crippen LogP contribution is 2.37. The highest BCUT2D eigenvalue weighted by molar-refractivity contribution is 6.03. The molecule has 6 heteroatoms. The van der Waals surface area contributed by atoms with Gasteiger partial charge in [-0.25, -0.2) is 5.01 Å². The van der Waals surface area contributed by atoms with Crippen molar-refractivity contribution in [1.82, 2.24) is 5.01 Å². The first-order chi connectivity index (χ1) is 13.1. The molecule has 0 radical (unpaired) electrons. The van der Waals surface area contributed by atoms with E-state index in [0.29, 0.717) is 18.6 Å². The van der Waals surface area contributed by atoms with Crippen LogP contribution in [0.4, 0.5) is 0 Å². The van der Waals surface area contributed by atoms with Crippen molar-refractivity contribution in [3.8, 4) is 5.75 Å². The molecule has 0 fully saturated rings. The maximum Gasteiger partial charge on any atom is 0.303 e. The minimum absolute atomic E-state index is 0.0336. The molecular weight excluding hydrogens is 344 g/mol. The van der Waals surface area contributed by atoms with E-state index in [0.717, 1.165) is 16.8 Å². The third kappa shape index (κ3) is 4.34. The van der Waals surface area contributed by atoms with Crippen LogP contribution >= 0.6 is 0 Å². The zero-order valence-electron chi connectivity index (χ0n) is 15.2. The number of carbonyl (C=O) groups excluding carboxylic acids is 1. The number of ether oxygens (including phenoxy) is 1. The highest BCUT2D eigenvalue weighted by Gasteiger charge is 2.34. The standard InChI is InChI=1S/C21H22N2O4/c1-27-19-11-6-5-10-16(19)18-14-17(15-8-3-2-4-9-15)22-23(18)20(24)12-7-13-21(25)26/h2-6,8-11,18H,7,12-14H2,1H3,(H,25,26)/t18-/m1/s1. The number of para-hydroxylation sites is 1. The molecule has 0 bridgehead atoms. The summed E-state index contributed by atoms with van der Waals surface area (Å²) < 4.78 is 5.47. The molecule has 0 unspecified atom stereocenters. The van der Waals surface area contributed by atoms with Crippen LogP contribution in [0.3, 0.4) is 0 Å². The minimum Gasteiger partial charge on any atom is -0.496 e. The Bertz CT molecular complexity index is 848. The molecule has 27 heavy (non-hydrogen) atoms. The second kappa shape index (κ2) is 8.49. The number of carboxylic acids is 1. The SMILES string of the molecule is COc1ccccc1[C@H]1CC(c2ccccc2)=NN1C(=O)CCCC(=O)O. The first-order valence-corrected chi connectivity index (χ1v) is 8.90. The molecule has 140 valence electrons. The Morgan fingerprint density at radius 2 is 1.81 bits per heavy atom. The Morgan fingerprint density at radius 1 is 1.11 bits per heavy atom. The van der Waals surface area contributed by atoms with Crippen molar-refractivity contribution >= 4 is 17.6 Å². The van der Waals surface area contributed by atoms with Crippen LogP contribution in [0, 0.1) is 0 Å². The van der Waals surface area contributed by atoms with Crippen LogP contribution in [0.5, 0.6) is 5.75 Å². The number of benzene rings is 2. The molecule has 1 N–H and O–H groups in total. The number of methoxy groups -OCH3 is 1. The van der Waals surface area contributed by atoms with E-state index < -0.39 is 5.97 Å². The summed E-state index contributed by atoms with van der Waals surface area (Å²) in [4.78, 5) is 23.5. The van der Waals surface area contributed by atoms with E-state index in [1.165, 1.54) is 5.01 Å². The Hall–Kier alpha value is -3.15. The van der Waals surface area contributed by atoms with Gasteiger partial charge in [0.05, 0.1) is 18.9 Å². The average Bonchev–Trinajstić information content (AvgIpc) is 3.13. The fourth-order valence-electron chi connectivity index (χ4n) is 3.23. The lowest BCUT2D eigenvalue weighted by atomic mass is 9.97. The number of aliphatic carboxylic acids is 1. The molecule has 0 saturated heterocycles. The molecule has 1 aliphatic heterocycles. The predicted octanol–water partition coefficient (Wildman–Crippen LogP) is 3.63. The van der Waals surface area contributed by atoms with Crippen molar-refractivity contribution in [3.05, 3.63) is 65.7 Å².